The molecule has 0 fully saturated rings. The lowest BCUT2D eigenvalue weighted by molar-refractivity contribution is 0.287. The topological polar surface area (TPSA) is 54.4 Å². The van der Waals surface area contributed by atoms with Crippen LogP contribution in [-0.2, 0) is 4.74 Å². The number of rotatable bonds is 3. The molecule has 1 aliphatic carbocycles. The molecule has 4 rings (SSSR count). The lowest BCUT2D eigenvalue weighted by Crippen LogP contribution is -2.23. The highest BCUT2D eigenvalue weighted by Crippen LogP contribution is 2.43. The maximum absolute atomic E-state index is 11.5. The molecule has 4 nitrogen and oxygen atoms in total. The number of allylic oxidation sites excluding steroid dienone is 3. The average molecular weight is 334 g/mol. The maximum Gasteiger partial charge on any atom is 0.248 e. The van der Waals surface area contributed by atoms with Gasteiger partial charge in [-0.05, 0) is 54.5 Å². The van der Waals surface area contributed by atoms with Crippen molar-refractivity contribution in [3.8, 4) is 0 Å². The number of hydrogen-bond acceptors (Lipinski definition) is 3. The number of fused-ring (bicyclic) bond motifs is 2. The van der Waals surface area contributed by atoms with Gasteiger partial charge in [-0.25, -0.2) is 0 Å². The number of H-pyrrole nitrogens is 1. The van der Waals surface area contributed by atoms with E-state index in [2.05, 4.69) is 36.2 Å². The smallest absolute Gasteiger partial charge is 0.248 e. The lowest BCUT2D eigenvalue weighted by atomic mass is 9.76. The van der Waals surface area contributed by atoms with Gasteiger partial charge in [0.05, 0.1) is 12.8 Å². The quantitative estimate of drug-likeness (QED) is 0.910. The third kappa shape index (κ3) is 2.82. The number of methoxy groups -OCH3 is 1. The van der Waals surface area contributed by atoms with Crippen molar-refractivity contribution in [2.45, 2.75) is 32.1 Å². The minimum absolute atomic E-state index is 0.0681. The number of hydrogen-bond donors (Lipinski definition) is 1. The van der Waals surface area contributed by atoms with Crippen LogP contribution in [0.3, 0.4) is 0 Å². The van der Waals surface area contributed by atoms with Gasteiger partial charge in [-0.2, -0.15) is 0 Å². The Hall–Kier alpha value is -2.62. The Morgan fingerprint density at radius 3 is 2.96 bits per heavy atom. The van der Waals surface area contributed by atoms with Crippen molar-refractivity contribution in [1.82, 2.24) is 4.98 Å². The molecular formula is C21H22N2O2. The van der Waals surface area contributed by atoms with Gasteiger partial charge in [-0.3, -0.25) is 9.79 Å². The molecule has 0 bridgehead atoms. The molecule has 1 aromatic heterocycles. The Balaban J connectivity index is 1.76. The largest absolute Gasteiger partial charge is 0.495 e. The van der Waals surface area contributed by atoms with Gasteiger partial charge in [-0.15, -0.1) is 0 Å². The van der Waals surface area contributed by atoms with E-state index in [0.717, 1.165) is 41.6 Å². The molecule has 1 aliphatic heterocycles. The molecule has 2 aromatic rings. The summed E-state index contributed by atoms with van der Waals surface area (Å²) in [4.78, 5) is 19.3. The molecule has 0 saturated carbocycles. The Morgan fingerprint density at radius 1 is 1.28 bits per heavy atom. The highest BCUT2D eigenvalue weighted by atomic mass is 16.5. The van der Waals surface area contributed by atoms with E-state index in [0.29, 0.717) is 5.92 Å². The fraction of sp³-hybridized carbons (Fsp3) is 0.333. The van der Waals surface area contributed by atoms with Crippen LogP contribution in [0.5, 0.6) is 0 Å². The predicted molar refractivity (Wildman–Crippen MR) is 101 cm³/mol. The van der Waals surface area contributed by atoms with Crippen molar-refractivity contribution >= 4 is 16.6 Å². The second-order valence-electron chi connectivity index (χ2n) is 6.68. The van der Waals surface area contributed by atoms with Crippen LogP contribution in [0.25, 0.3) is 10.9 Å². The first-order valence-corrected chi connectivity index (χ1v) is 8.85. The van der Waals surface area contributed by atoms with E-state index in [1.54, 1.807) is 13.2 Å². The summed E-state index contributed by atoms with van der Waals surface area (Å²) in [6, 6.07) is 9.75. The van der Waals surface area contributed by atoms with E-state index in [1.807, 2.05) is 12.1 Å². The van der Waals surface area contributed by atoms with E-state index in [1.165, 1.54) is 11.3 Å². The summed E-state index contributed by atoms with van der Waals surface area (Å²) in [5, 5.41) is 1.06. The zero-order valence-corrected chi connectivity index (χ0v) is 14.6. The van der Waals surface area contributed by atoms with Crippen molar-refractivity contribution in [2.75, 3.05) is 7.11 Å². The molecule has 2 heterocycles. The highest BCUT2D eigenvalue weighted by molar-refractivity contribution is 5.86. The maximum atomic E-state index is 11.5. The number of nitrogens with one attached hydrogen (secondary N) is 1. The number of aromatic nitrogens is 1. The van der Waals surface area contributed by atoms with Crippen molar-refractivity contribution in [3.05, 3.63) is 69.9 Å². The summed E-state index contributed by atoms with van der Waals surface area (Å²) in [6.07, 6.45) is 7.41. The Morgan fingerprint density at radius 2 is 2.16 bits per heavy atom. The summed E-state index contributed by atoms with van der Waals surface area (Å²) < 4.78 is 5.57. The number of nitrogens with zero attached hydrogens (tertiary/aromatic N) is 1. The molecule has 0 saturated heterocycles. The third-order valence-electron chi connectivity index (χ3n) is 5.28. The molecule has 0 spiro atoms. The highest BCUT2D eigenvalue weighted by Gasteiger charge is 2.33. The first-order chi connectivity index (χ1) is 12.2. The summed E-state index contributed by atoms with van der Waals surface area (Å²) in [5.41, 5.74) is 4.40. The van der Waals surface area contributed by atoms with E-state index in [-0.39, 0.29) is 11.5 Å². The first-order valence-electron chi connectivity index (χ1n) is 8.85. The normalized spacial score (nSPS) is 22.7. The van der Waals surface area contributed by atoms with Crippen LogP contribution in [0.15, 0.2) is 63.7 Å². The third-order valence-corrected chi connectivity index (χ3v) is 5.28. The van der Waals surface area contributed by atoms with Crippen molar-refractivity contribution in [1.29, 1.82) is 0 Å². The zero-order chi connectivity index (χ0) is 17.4. The molecule has 0 amide bonds. The van der Waals surface area contributed by atoms with Crippen molar-refractivity contribution in [3.63, 3.8) is 0 Å². The van der Waals surface area contributed by atoms with Crippen LogP contribution < -0.4 is 5.56 Å². The van der Waals surface area contributed by atoms with Crippen LogP contribution in [-0.4, -0.2) is 17.8 Å². The molecule has 2 aliphatic rings. The van der Waals surface area contributed by atoms with Gasteiger partial charge in [0.1, 0.15) is 5.76 Å². The average Bonchev–Trinajstić information content (AvgIpc) is 2.66. The minimum atomic E-state index is -0.0681. The first kappa shape index (κ1) is 15.9. The Bertz CT molecular complexity index is 965. The van der Waals surface area contributed by atoms with E-state index in [9.17, 15) is 4.79 Å². The molecule has 128 valence electrons. The van der Waals surface area contributed by atoms with Gasteiger partial charge in [0, 0.05) is 29.1 Å². The number of benzene rings is 1. The number of ether oxygens (including phenoxy) is 1. The summed E-state index contributed by atoms with van der Waals surface area (Å²) in [7, 11) is 1.71. The standard InChI is InChI=1S/C21H22N2O2/c1-3-15-6-7-17-16(8-10-19(25-2)21(17)22-15)13-4-9-18-14(12-13)5-11-20(24)23-18/h4-5,8-12,16-17H,3,6-7H2,1-2H3,(H,23,24). The summed E-state index contributed by atoms with van der Waals surface area (Å²) in [6.45, 7) is 2.16. The SMILES string of the molecule is CCC1=NC2=C(OC)C=CC(c3ccc4[nH]c(=O)ccc4c3)C2CC1. The number of pyridine rings is 1. The van der Waals surface area contributed by atoms with E-state index in [4.69, 9.17) is 9.73 Å². The van der Waals surface area contributed by atoms with Gasteiger partial charge in [0.25, 0.3) is 0 Å². The zero-order valence-electron chi connectivity index (χ0n) is 14.6. The molecule has 0 radical (unpaired) electrons. The lowest BCUT2D eigenvalue weighted by Gasteiger charge is -2.33. The summed E-state index contributed by atoms with van der Waals surface area (Å²) >= 11 is 0. The molecule has 2 atom stereocenters. The fourth-order valence-electron chi connectivity index (χ4n) is 3.92. The predicted octanol–water partition coefficient (Wildman–Crippen LogP) is 4.30. The number of aliphatic imine (C=N–C) groups is 1. The molecule has 25 heavy (non-hydrogen) atoms. The van der Waals surface area contributed by atoms with Gasteiger partial charge in [0.15, 0.2) is 0 Å². The van der Waals surface area contributed by atoms with Crippen LogP contribution in [0, 0.1) is 5.92 Å². The summed E-state index contributed by atoms with van der Waals surface area (Å²) in [5.74, 6) is 1.51. The molecule has 2 unspecified atom stereocenters. The van der Waals surface area contributed by atoms with Crippen molar-refractivity contribution in [2.24, 2.45) is 10.9 Å². The van der Waals surface area contributed by atoms with Crippen LogP contribution in [0.1, 0.15) is 37.7 Å². The van der Waals surface area contributed by atoms with E-state index < -0.39 is 0 Å². The van der Waals surface area contributed by atoms with Gasteiger partial charge >= 0.3 is 0 Å². The monoisotopic (exact) mass is 334 g/mol. The Kier molecular flexibility index (Phi) is 4.04. The fourth-order valence-corrected chi connectivity index (χ4v) is 3.92. The van der Waals surface area contributed by atoms with Crippen LogP contribution in [0.4, 0.5) is 0 Å². The molecule has 1 N–H and O–H groups in total. The minimum Gasteiger partial charge on any atom is -0.495 e. The van der Waals surface area contributed by atoms with Gasteiger partial charge in [0.2, 0.25) is 5.56 Å². The van der Waals surface area contributed by atoms with Crippen LogP contribution >= 0.6 is 0 Å². The van der Waals surface area contributed by atoms with Crippen LogP contribution in [0.2, 0.25) is 0 Å². The molecule has 4 heteroatoms. The van der Waals surface area contributed by atoms with Gasteiger partial charge in [-0.1, -0.05) is 19.1 Å². The second kappa shape index (κ2) is 6.36. The van der Waals surface area contributed by atoms with Gasteiger partial charge < -0.3 is 9.72 Å². The molecule has 1 aromatic carbocycles. The number of aromatic amines is 1. The van der Waals surface area contributed by atoms with Crippen molar-refractivity contribution < 1.29 is 4.74 Å². The second-order valence-corrected chi connectivity index (χ2v) is 6.68. The Labute approximate surface area is 146 Å². The van der Waals surface area contributed by atoms with E-state index >= 15 is 0 Å². The molecular weight excluding hydrogens is 312 g/mol.